The van der Waals surface area contributed by atoms with Gasteiger partial charge >= 0.3 is 0 Å². The molecule has 21 heavy (non-hydrogen) atoms. The molecule has 0 aliphatic carbocycles. The van der Waals surface area contributed by atoms with Gasteiger partial charge in [0.1, 0.15) is 5.69 Å². The Labute approximate surface area is 121 Å². The molecule has 1 amide bonds. The normalized spacial score (nSPS) is 11.0. The van der Waals surface area contributed by atoms with Gasteiger partial charge in [-0.15, -0.1) is 0 Å². The standard InChI is InChI=1S/C15H16N4O2/c1-4-16-15(20)10-8-11(12-6-5-7-21-12)17-14-13(10)9(2)18-19(14)3/h5-8H,4H2,1-3H3,(H,16,20). The molecule has 0 bridgehead atoms. The van der Waals surface area contributed by atoms with Crippen molar-refractivity contribution in [3.8, 4) is 11.5 Å². The smallest absolute Gasteiger partial charge is 0.252 e. The molecule has 1 N–H and O–H groups in total. The Morgan fingerprint density at radius 2 is 2.29 bits per heavy atom. The van der Waals surface area contributed by atoms with E-state index >= 15 is 0 Å². The Balaban J connectivity index is 2.29. The van der Waals surface area contributed by atoms with E-state index in [0.29, 0.717) is 29.2 Å². The van der Waals surface area contributed by atoms with Crippen LogP contribution < -0.4 is 5.32 Å². The molecular weight excluding hydrogens is 268 g/mol. The minimum Gasteiger partial charge on any atom is -0.463 e. The number of hydrogen-bond acceptors (Lipinski definition) is 4. The lowest BCUT2D eigenvalue weighted by Gasteiger charge is -2.06. The molecule has 0 atom stereocenters. The number of amides is 1. The predicted molar refractivity (Wildman–Crippen MR) is 79.0 cm³/mol. The summed E-state index contributed by atoms with van der Waals surface area (Å²) in [6, 6.07) is 5.36. The molecule has 0 saturated carbocycles. The summed E-state index contributed by atoms with van der Waals surface area (Å²) >= 11 is 0. The average molecular weight is 284 g/mol. The maximum atomic E-state index is 12.3. The highest BCUT2D eigenvalue weighted by Crippen LogP contribution is 2.26. The maximum Gasteiger partial charge on any atom is 0.252 e. The van der Waals surface area contributed by atoms with Crippen molar-refractivity contribution < 1.29 is 9.21 Å². The molecular formula is C15H16N4O2. The zero-order valence-electron chi connectivity index (χ0n) is 12.2. The van der Waals surface area contributed by atoms with E-state index in [-0.39, 0.29) is 5.91 Å². The molecule has 0 aromatic carbocycles. The number of hydrogen-bond donors (Lipinski definition) is 1. The highest BCUT2D eigenvalue weighted by Gasteiger charge is 2.19. The van der Waals surface area contributed by atoms with Crippen LogP contribution in [0.2, 0.25) is 0 Å². The number of nitrogens with one attached hydrogen (secondary N) is 1. The van der Waals surface area contributed by atoms with Crippen LogP contribution in [-0.2, 0) is 7.05 Å². The van der Waals surface area contributed by atoms with Crippen molar-refractivity contribution in [2.75, 3.05) is 6.54 Å². The van der Waals surface area contributed by atoms with Crippen LogP contribution in [0.5, 0.6) is 0 Å². The van der Waals surface area contributed by atoms with Gasteiger partial charge < -0.3 is 9.73 Å². The van der Waals surface area contributed by atoms with Crippen molar-refractivity contribution in [3.63, 3.8) is 0 Å². The molecule has 0 aliphatic heterocycles. The van der Waals surface area contributed by atoms with Gasteiger partial charge in [-0.2, -0.15) is 5.10 Å². The number of furan rings is 1. The van der Waals surface area contributed by atoms with Crippen molar-refractivity contribution in [2.24, 2.45) is 7.05 Å². The van der Waals surface area contributed by atoms with Gasteiger partial charge in [0.15, 0.2) is 11.4 Å². The fourth-order valence-corrected chi connectivity index (χ4v) is 2.43. The van der Waals surface area contributed by atoms with Gasteiger partial charge in [-0.05, 0) is 32.0 Å². The SMILES string of the molecule is CCNC(=O)c1cc(-c2ccco2)nc2c1c(C)nn2C. The lowest BCUT2D eigenvalue weighted by atomic mass is 10.1. The molecule has 0 spiro atoms. The molecule has 6 heteroatoms. The summed E-state index contributed by atoms with van der Waals surface area (Å²) < 4.78 is 7.07. The summed E-state index contributed by atoms with van der Waals surface area (Å²) in [7, 11) is 1.82. The molecule has 0 unspecified atom stereocenters. The van der Waals surface area contributed by atoms with Crippen molar-refractivity contribution in [1.29, 1.82) is 0 Å². The van der Waals surface area contributed by atoms with Crippen LogP contribution in [0, 0.1) is 6.92 Å². The Morgan fingerprint density at radius 1 is 1.48 bits per heavy atom. The van der Waals surface area contributed by atoms with E-state index < -0.39 is 0 Å². The molecule has 108 valence electrons. The summed E-state index contributed by atoms with van der Waals surface area (Å²) in [6.45, 7) is 4.33. The fraction of sp³-hybridized carbons (Fsp3) is 0.267. The number of aryl methyl sites for hydroxylation is 2. The number of rotatable bonds is 3. The minimum absolute atomic E-state index is 0.131. The fourth-order valence-electron chi connectivity index (χ4n) is 2.43. The molecule has 6 nitrogen and oxygen atoms in total. The lowest BCUT2D eigenvalue weighted by Crippen LogP contribution is -2.23. The molecule has 3 aromatic rings. The number of carbonyl (C=O) groups excluding carboxylic acids is 1. The zero-order valence-corrected chi connectivity index (χ0v) is 12.2. The molecule has 3 heterocycles. The topological polar surface area (TPSA) is 73.0 Å². The van der Waals surface area contributed by atoms with Crippen LogP contribution in [0.15, 0.2) is 28.9 Å². The van der Waals surface area contributed by atoms with E-state index in [9.17, 15) is 4.79 Å². The molecule has 3 aromatic heterocycles. The van der Waals surface area contributed by atoms with E-state index in [0.717, 1.165) is 11.1 Å². The molecule has 0 radical (unpaired) electrons. The quantitative estimate of drug-likeness (QED) is 0.801. The van der Waals surface area contributed by atoms with Gasteiger partial charge in [0.2, 0.25) is 0 Å². The van der Waals surface area contributed by atoms with Gasteiger partial charge in [-0.3, -0.25) is 9.48 Å². The largest absolute Gasteiger partial charge is 0.463 e. The summed E-state index contributed by atoms with van der Waals surface area (Å²) in [6.07, 6.45) is 1.58. The second-order valence-corrected chi connectivity index (χ2v) is 4.80. The first-order valence-corrected chi connectivity index (χ1v) is 6.78. The van der Waals surface area contributed by atoms with Gasteiger partial charge in [0.25, 0.3) is 5.91 Å². The van der Waals surface area contributed by atoms with Crippen molar-refractivity contribution in [1.82, 2.24) is 20.1 Å². The number of aromatic nitrogens is 3. The lowest BCUT2D eigenvalue weighted by molar-refractivity contribution is 0.0957. The number of nitrogens with zero attached hydrogens (tertiary/aromatic N) is 3. The van der Waals surface area contributed by atoms with Gasteiger partial charge in [-0.1, -0.05) is 0 Å². The molecule has 0 saturated heterocycles. The third-order valence-electron chi connectivity index (χ3n) is 3.32. The van der Waals surface area contributed by atoms with Gasteiger partial charge in [-0.25, -0.2) is 4.98 Å². The van der Waals surface area contributed by atoms with Crippen LogP contribution in [-0.4, -0.2) is 27.2 Å². The second-order valence-electron chi connectivity index (χ2n) is 4.80. The highest BCUT2D eigenvalue weighted by atomic mass is 16.3. The van der Waals surface area contributed by atoms with E-state index in [4.69, 9.17) is 4.42 Å². The first kappa shape index (κ1) is 13.4. The van der Waals surface area contributed by atoms with E-state index in [1.807, 2.05) is 27.0 Å². The molecule has 0 fully saturated rings. The molecule has 0 aliphatic rings. The zero-order chi connectivity index (χ0) is 15.0. The summed E-state index contributed by atoms with van der Waals surface area (Å²) in [5, 5.41) is 7.96. The van der Waals surface area contributed by atoms with E-state index in [1.54, 1.807) is 23.1 Å². The Hall–Kier alpha value is -2.63. The van der Waals surface area contributed by atoms with E-state index in [1.165, 1.54) is 0 Å². The first-order valence-electron chi connectivity index (χ1n) is 6.78. The Kier molecular flexibility index (Phi) is 3.21. The first-order chi connectivity index (χ1) is 10.1. The monoisotopic (exact) mass is 284 g/mol. The van der Waals surface area contributed by atoms with Crippen LogP contribution in [0.1, 0.15) is 23.0 Å². The van der Waals surface area contributed by atoms with Crippen LogP contribution in [0.25, 0.3) is 22.5 Å². The van der Waals surface area contributed by atoms with Crippen LogP contribution in [0.4, 0.5) is 0 Å². The van der Waals surface area contributed by atoms with Crippen LogP contribution >= 0.6 is 0 Å². The summed E-state index contributed by atoms with van der Waals surface area (Å²) in [5.74, 6) is 0.495. The average Bonchev–Trinajstić information content (AvgIpc) is 3.08. The summed E-state index contributed by atoms with van der Waals surface area (Å²) in [5.41, 5.74) is 2.64. The maximum absolute atomic E-state index is 12.3. The third-order valence-corrected chi connectivity index (χ3v) is 3.32. The van der Waals surface area contributed by atoms with E-state index in [2.05, 4.69) is 15.4 Å². The number of fused-ring (bicyclic) bond motifs is 1. The number of carbonyl (C=O) groups is 1. The van der Waals surface area contributed by atoms with Crippen molar-refractivity contribution in [2.45, 2.75) is 13.8 Å². The highest BCUT2D eigenvalue weighted by molar-refractivity contribution is 6.07. The number of pyridine rings is 1. The third kappa shape index (κ3) is 2.18. The second kappa shape index (κ2) is 5.05. The molecule has 3 rings (SSSR count). The Morgan fingerprint density at radius 3 is 2.95 bits per heavy atom. The van der Waals surface area contributed by atoms with Crippen LogP contribution in [0.3, 0.4) is 0 Å². The minimum atomic E-state index is -0.131. The predicted octanol–water partition coefficient (Wildman–Crippen LogP) is 2.29. The summed E-state index contributed by atoms with van der Waals surface area (Å²) in [4.78, 5) is 16.9. The van der Waals surface area contributed by atoms with Crippen molar-refractivity contribution >= 4 is 16.9 Å². The van der Waals surface area contributed by atoms with Gasteiger partial charge in [0.05, 0.1) is 22.9 Å². The van der Waals surface area contributed by atoms with Crippen molar-refractivity contribution in [3.05, 3.63) is 35.7 Å². The Bertz CT molecular complexity index is 803. The van der Waals surface area contributed by atoms with Gasteiger partial charge in [0, 0.05) is 13.6 Å².